The van der Waals surface area contributed by atoms with E-state index in [-0.39, 0.29) is 12.1 Å². The first-order chi connectivity index (χ1) is 11.8. The van der Waals surface area contributed by atoms with Gasteiger partial charge in [0.25, 0.3) is 0 Å². The van der Waals surface area contributed by atoms with Crippen LogP contribution in [-0.2, 0) is 4.74 Å². The third-order valence-electron chi connectivity index (χ3n) is 3.85. The molecule has 1 atom stereocenters. The van der Waals surface area contributed by atoms with Gasteiger partial charge in [0.15, 0.2) is 5.65 Å². The molecule has 8 nitrogen and oxygen atoms in total. The molecular weight excluding hydrogens is 320 g/mol. The normalized spacial score (nSPS) is 17.4. The predicted octanol–water partition coefficient (Wildman–Crippen LogP) is 2.93. The molecule has 1 fully saturated rings. The number of hydrogen-bond acceptors (Lipinski definition) is 6. The maximum Gasteiger partial charge on any atom is 0.410 e. The maximum atomic E-state index is 12.2. The number of aromatic nitrogens is 4. The Morgan fingerprint density at radius 1 is 1.32 bits per heavy atom. The predicted molar refractivity (Wildman–Crippen MR) is 97.3 cm³/mol. The van der Waals surface area contributed by atoms with Crippen LogP contribution in [-0.4, -0.2) is 49.4 Å². The van der Waals surface area contributed by atoms with Crippen molar-refractivity contribution in [2.75, 3.05) is 18.8 Å². The number of carbonyl (C=O) groups excluding carboxylic acids is 1. The number of ether oxygens (including phenoxy) is 1. The second-order valence-corrected chi connectivity index (χ2v) is 6.86. The third kappa shape index (κ3) is 4.00. The lowest BCUT2D eigenvalue weighted by atomic mass is 10.2. The van der Waals surface area contributed by atoms with Crippen LogP contribution in [0.1, 0.15) is 52.8 Å². The SMILES string of the molecule is CC.Cc1nn([C@@H]2CCN(C(=O)OC(C)(C)C)C2)c2ncnc(N)c12. The number of rotatable bonds is 1. The maximum absolute atomic E-state index is 12.2. The van der Waals surface area contributed by atoms with E-state index >= 15 is 0 Å². The molecule has 1 aliphatic heterocycles. The van der Waals surface area contributed by atoms with Gasteiger partial charge in [-0.05, 0) is 34.1 Å². The summed E-state index contributed by atoms with van der Waals surface area (Å²) in [7, 11) is 0. The number of nitrogens with two attached hydrogens (primary N) is 1. The standard InChI is InChI=1S/C15H22N6O2.C2H6/c1-9-11-12(16)17-8-18-13(11)21(19-9)10-5-6-20(7-10)14(22)23-15(2,3)4;1-2/h8,10H,5-7H2,1-4H3,(H2,16,17,18);1-2H3/t10-;/m1./s1. The number of likely N-dealkylation sites (tertiary alicyclic amines) is 1. The van der Waals surface area contributed by atoms with Crippen molar-refractivity contribution >= 4 is 22.9 Å². The van der Waals surface area contributed by atoms with Crippen LogP contribution >= 0.6 is 0 Å². The molecule has 2 aromatic rings. The lowest BCUT2D eigenvalue weighted by Gasteiger charge is -2.24. The number of amides is 1. The molecule has 2 N–H and O–H groups in total. The lowest BCUT2D eigenvalue weighted by Crippen LogP contribution is -2.35. The number of hydrogen-bond donors (Lipinski definition) is 1. The van der Waals surface area contributed by atoms with Crippen LogP contribution in [0.3, 0.4) is 0 Å². The van der Waals surface area contributed by atoms with Crippen molar-refractivity contribution in [2.45, 2.75) is 59.6 Å². The highest BCUT2D eigenvalue weighted by Crippen LogP contribution is 2.28. The van der Waals surface area contributed by atoms with Crippen molar-refractivity contribution in [1.29, 1.82) is 0 Å². The largest absolute Gasteiger partial charge is 0.444 e. The molecule has 1 aliphatic rings. The van der Waals surface area contributed by atoms with E-state index in [2.05, 4.69) is 15.1 Å². The Labute approximate surface area is 148 Å². The Balaban J connectivity index is 0.00000109. The molecule has 25 heavy (non-hydrogen) atoms. The van der Waals surface area contributed by atoms with Gasteiger partial charge in [-0.1, -0.05) is 13.8 Å². The molecule has 0 unspecified atom stereocenters. The minimum Gasteiger partial charge on any atom is -0.444 e. The first-order valence-electron chi connectivity index (χ1n) is 8.69. The molecule has 1 amide bonds. The molecule has 0 radical (unpaired) electrons. The number of nitrogens with zero attached hydrogens (tertiary/aromatic N) is 5. The lowest BCUT2D eigenvalue weighted by molar-refractivity contribution is 0.0288. The first kappa shape index (κ1) is 19.0. The molecule has 1 saturated heterocycles. The molecule has 2 aromatic heterocycles. The molecule has 8 heteroatoms. The van der Waals surface area contributed by atoms with Gasteiger partial charge in [0, 0.05) is 13.1 Å². The Bertz CT molecular complexity index is 749. The molecular formula is C17H28N6O2. The van der Waals surface area contributed by atoms with E-state index in [1.165, 1.54) is 6.33 Å². The Morgan fingerprint density at radius 3 is 2.64 bits per heavy atom. The molecule has 3 heterocycles. The van der Waals surface area contributed by atoms with Crippen LogP contribution in [0, 0.1) is 6.92 Å². The summed E-state index contributed by atoms with van der Waals surface area (Å²) in [6.07, 6.45) is 1.96. The minimum absolute atomic E-state index is 0.0630. The Morgan fingerprint density at radius 2 is 2.00 bits per heavy atom. The zero-order valence-electron chi connectivity index (χ0n) is 15.9. The molecule has 0 aromatic carbocycles. The van der Waals surface area contributed by atoms with Gasteiger partial charge in [-0.2, -0.15) is 5.10 Å². The van der Waals surface area contributed by atoms with Gasteiger partial charge in [0.05, 0.1) is 17.1 Å². The zero-order valence-corrected chi connectivity index (χ0v) is 15.9. The highest BCUT2D eigenvalue weighted by Gasteiger charge is 2.32. The number of aryl methyl sites for hydroxylation is 1. The second-order valence-electron chi connectivity index (χ2n) is 6.86. The Kier molecular flexibility index (Phi) is 5.49. The zero-order chi connectivity index (χ0) is 18.8. The van der Waals surface area contributed by atoms with Crippen molar-refractivity contribution in [1.82, 2.24) is 24.6 Å². The highest BCUT2D eigenvalue weighted by molar-refractivity contribution is 5.87. The average Bonchev–Trinajstić information content (AvgIpc) is 3.13. The van der Waals surface area contributed by atoms with E-state index in [1.54, 1.807) is 4.90 Å². The molecule has 3 rings (SSSR count). The van der Waals surface area contributed by atoms with Crippen LogP contribution < -0.4 is 5.73 Å². The summed E-state index contributed by atoms with van der Waals surface area (Å²) in [6.45, 7) is 12.7. The Hall–Kier alpha value is -2.38. The molecule has 0 saturated carbocycles. The van der Waals surface area contributed by atoms with Crippen LogP contribution in [0.5, 0.6) is 0 Å². The van der Waals surface area contributed by atoms with E-state index in [1.807, 2.05) is 46.2 Å². The van der Waals surface area contributed by atoms with Gasteiger partial charge in [-0.15, -0.1) is 0 Å². The van der Waals surface area contributed by atoms with Gasteiger partial charge in [0.1, 0.15) is 17.7 Å². The monoisotopic (exact) mass is 348 g/mol. The summed E-state index contributed by atoms with van der Waals surface area (Å²) in [6, 6.07) is 0.0630. The summed E-state index contributed by atoms with van der Waals surface area (Å²) < 4.78 is 7.28. The fraction of sp³-hybridized carbons (Fsp3) is 0.647. The van der Waals surface area contributed by atoms with E-state index < -0.39 is 5.60 Å². The van der Waals surface area contributed by atoms with Gasteiger partial charge in [-0.3, -0.25) is 0 Å². The van der Waals surface area contributed by atoms with Gasteiger partial charge >= 0.3 is 6.09 Å². The second kappa shape index (κ2) is 7.25. The van der Waals surface area contributed by atoms with Crippen molar-refractivity contribution < 1.29 is 9.53 Å². The van der Waals surface area contributed by atoms with Crippen molar-refractivity contribution in [2.24, 2.45) is 0 Å². The highest BCUT2D eigenvalue weighted by atomic mass is 16.6. The molecule has 0 spiro atoms. The van der Waals surface area contributed by atoms with Crippen LogP contribution in [0.4, 0.5) is 10.6 Å². The van der Waals surface area contributed by atoms with E-state index in [0.717, 1.165) is 17.5 Å². The van der Waals surface area contributed by atoms with E-state index in [9.17, 15) is 4.79 Å². The van der Waals surface area contributed by atoms with Crippen LogP contribution in [0.25, 0.3) is 11.0 Å². The van der Waals surface area contributed by atoms with Gasteiger partial charge in [0.2, 0.25) is 0 Å². The van der Waals surface area contributed by atoms with Crippen molar-refractivity contribution in [3.05, 3.63) is 12.0 Å². The number of carbonyl (C=O) groups is 1. The average molecular weight is 348 g/mol. The molecule has 0 aliphatic carbocycles. The van der Waals surface area contributed by atoms with E-state index in [0.29, 0.717) is 24.6 Å². The fourth-order valence-corrected chi connectivity index (χ4v) is 2.86. The number of anilines is 1. The number of fused-ring (bicyclic) bond motifs is 1. The summed E-state index contributed by atoms with van der Waals surface area (Å²) in [5.74, 6) is 0.431. The first-order valence-corrected chi connectivity index (χ1v) is 8.69. The summed E-state index contributed by atoms with van der Waals surface area (Å²) in [4.78, 5) is 22.2. The molecule has 0 bridgehead atoms. The van der Waals surface area contributed by atoms with Crippen LogP contribution in [0.15, 0.2) is 6.33 Å². The minimum atomic E-state index is -0.494. The fourth-order valence-electron chi connectivity index (χ4n) is 2.86. The topological polar surface area (TPSA) is 99.2 Å². The molecule has 138 valence electrons. The summed E-state index contributed by atoms with van der Waals surface area (Å²) >= 11 is 0. The summed E-state index contributed by atoms with van der Waals surface area (Å²) in [5.41, 5.74) is 6.94. The van der Waals surface area contributed by atoms with Gasteiger partial charge in [-0.25, -0.2) is 19.4 Å². The van der Waals surface area contributed by atoms with E-state index in [4.69, 9.17) is 10.5 Å². The van der Waals surface area contributed by atoms with Crippen molar-refractivity contribution in [3.63, 3.8) is 0 Å². The smallest absolute Gasteiger partial charge is 0.410 e. The van der Waals surface area contributed by atoms with Gasteiger partial charge < -0.3 is 15.4 Å². The van der Waals surface area contributed by atoms with Crippen molar-refractivity contribution in [3.8, 4) is 0 Å². The van der Waals surface area contributed by atoms with Crippen LogP contribution in [0.2, 0.25) is 0 Å². The quantitative estimate of drug-likeness (QED) is 0.850. The summed E-state index contributed by atoms with van der Waals surface area (Å²) in [5, 5.41) is 5.34. The number of nitrogen functional groups attached to an aromatic ring is 1. The third-order valence-corrected chi connectivity index (χ3v) is 3.85.